The number of carbonyl (C=O) groups is 1. The number of benzene rings is 1. The van der Waals surface area contributed by atoms with Gasteiger partial charge in [-0.15, -0.1) is 0 Å². The molecule has 2 aliphatic carbocycles. The molecule has 2 aliphatic heterocycles. The molecule has 1 spiro atoms. The van der Waals surface area contributed by atoms with Crippen molar-refractivity contribution in [2.75, 3.05) is 19.8 Å². The van der Waals surface area contributed by atoms with Crippen LogP contribution in [-0.4, -0.2) is 45.4 Å². The zero-order chi connectivity index (χ0) is 17.9. The third-order valence-electron chi connectivity index (χ3n) is 6.73. The van der Waals surface area contributed by atoms with E-state index < -0.39 is 23.9 Å². The van der Waals surface area contributed by atoms with Gasteiger partial charge in [0.2, 0.25) is 0 Å². The molecule has 26 heavy (non-hydrogen) atoms. The van der Waals surface area contributed by atoms with Gasteiger partial charge in [-0.2, -0.15) is 0 Å². The molecule has 4 fully saturated rings. The van der Waals surface area contributed by atoms with Crippen LogP contribution in [-0.2, 0) is 22.8 Å². The summed E-state index contributed by atoms with van der Waals surface area (Å²) < 4.78 is 31.5. The van der Waals surface area contributed by atoms with Gasteiger partial charge in [-0.3, -0.25) is 0 Å². The number of fused-ring (bicyclic) bond motifs is 3. The van der Waals surface area contributed by atoms with Gasteiger partial charge >= 0.3 is 157 Å². The molecule has 1 aromatic carbocycles. The fourth-order valence-electron chi connectivity index (χ4n) is 5.52. The zero-order valence-corrected chi connectivity index (χ0v) is 16.6. The van der Waals surface area contributed by atoms with Crippen LogP contribution < -0.4 is 4.46 Å². The number of rotatable bonds is 2. The SMILES string of the molecule is C[C@@H]1CC2(C[C@H]3COC(=O)[C@@]3([Se](=O)c3ccccc3)[C@H]3C[C@@H]13)OCCO2. The molecule has 2 heterocycles. The van der Waals surface area contributed by atoms with Crippen molar-refractivity contribution < 1.29 is 22.8 Å². The van der Waals surface area contributed by atoms with E-state index in [0.29, 0.717) is 38.1 Å². The van der Waals surface area contributed by atoms with E-state index in [1.54, 1.807) is 0 Å². The van der Waals surface area contributed by atoms with Crippen LogP contribution in [0.5, 0.6) is 0 Å². The average molecular weight is 423 g/mol. The van der Waals surface area contributed by atoms with E-state index >= 15 is 0 Å². The summed E-state index contributed by atoms with van der Waals surface area (Å²) in [4.78, 5) is 13.1. The van der Waals surface area contributed by atoms with Crippen LogP contribution in [0.1, 0.15) is 26.2 Å². The predicted molar refractivity (Wildman–Crippen MR) is 94.3 cm³/mol. The number of esters is 1. The summed E-state index contributed by atoms with van der Waals surface area (Å²) in [5, 5.41) is 0. The van der Waals surface area contributed by atoms with Crippen LogP contribution >= 0.6 is 0 Å². The van der Waals surface area contributed by atoms with Gasteiger partial charge in [0.25, 0.3) is 0 Å². The van der Waals surface area contributed by atoms with Gasteiger partial charge in [0.05, 0.1) is 0 Å². The molecule has 2 saturated heterocycles. The summed E-state index contributed by atoms with van der Waals surface area (Å²) in [6, 6.07) is 9.51. The molecule has 0 N–H and O–H groups in total. The van der Waals surface area contributed by atoms with Crippen LogP contribution in [0, 0.1) is 23.7 Å². The van der Waals surface area contributed by atoms with E-state index in [4.69, 9.17) is 14.2 Å². The van der Waals surface area contributed by atoms with Crippen molar-refractivity contribution >= 4 is 24.3 Å². The Labute approximate surface area is 157 Å². The Bertz CT molecular complexity index is 744. The van der Waals surface area contributed by atoms with Crippen molar-refractivity contribution in [2.24, 2.45) is 23.7 Å². The Balaban J connectivity index is 1.61. The summed E-state index contributed by atoms with van der Waals surface area (Å²) in [6.45, 7) is 3.73. The maximum absolute atomic E-state index is 13.9. The number of hydrogen-bond acceptors (Lipinski definition) is 5. The summed E-state index contributed by atoms with van der Waals surface area (Å²) >= 11 is -2.65. The average Bonchev–Trinajstić information content (AvgIpc) is 3.21. The van der Waals surface area contributed by atoms with E-state index in [2.05, 4.69) is 6.92 Å². The van der Waals surface area contributed by atoms with Crippen LogP contribution in [0.2, 0.25) is 4.31 Å². The Hall–Kier alpha value is -1.07. The first-order valence-corrected chi connectivity index (χ1v) is 11.9. The first-order valence-electron chi connectivity index (χ1n) is 9.49. The van der Waals surface area contributed by atoms with Crippen LogP contribution in [0.15, 0.2) is 30.3 Å². The second-order valence-electron chi connectivity index (χ2n) is 8.17. The second-order valence-corrected chi connectivity index (χ2v) is 11.7. The fraction of sp³-hybridized carbons (Fsp3) is 0.650. The summed E-state index contributed by atoms with van der Waals surface area (Å²) in [5.41, 5.74) is 0. The van der Waals surface area contributed by atoms with Gasteiger partial charge in [-0.25, -0.2) is 0 Å². The summed E-state index contributed by atoms with van der Waals surface area (Å²) in [6.07, 6.45) is 2.41. The molecule has 140 valence electrons. The van der Waals surface area contributed by atoms with Crippen molar-refractivity contribution in [1.82, 2.24) is 0 Å². The molecule has 0 aromatic heterocycles. The topological polar surface area (TPSA) is 61.8 Å². The Morgan fingerprint density at radius 2 is 1.85 bits per heavy atom. The zero-order valence-electron chi connectivity index (χ0n) is 14.9. The normalized spacial score (nSPS) is 41.7. The molecule has 6 atom stereocenters. The van der Waals surface area contributed by atoms with Crippen molar-refractivity contribution in [3.05, 3.63) is 30.3 Å². The first-order chi connectivity index (χ1) is 12.6. The Kier molecular flexibility index (Phi) is 3.91. The fourth-order valence-corrected chi connectivity index (χ4v) is 9.72. The van der Waals surface area contributed by atoms with E-state index in [-0.39, 0.29) is 17.8 Å². The van der Waals surface area contributed by atoms with E-state index in [1.807, 2.05) is 30.3 Å². The van der Waals surface area contributed by atoms with E-state index in [9.17, 15) is 8.63 Å². The molecule has 1 unspecified atom stereocenters. The molecule has 0 bridgehead atoms. The maximum atomic E-state index is 13.9. The molecule has 4 aliphatic rings. The number of carbonyl (C=O) groups excluding carboxylic acids is 1. The number of hydrogen-bond donors (Lipinski definition) is 0. The van der Waals surface area contributed by atoms with Gasteiger partial charge in [0, 0.05) is 0 Å². The van der Waals surface area contributed by atoms with Crippen LogP contribution in [0.4, 0.5) is 0 Å². The standard InChI is InChI=1S/C20H24O5Se/c1-13-10-19(24-7-8-25-19)11-14-12-23-18(21)20(14,17-9-16(13)17)26(22)15-5-3-2-4-6-15/h2-6,13-14,16-17H,7-12H2,1H3/t13-,14+,16+,17+,20+,26?/m1/s1. The second kappa shape index (κ2) is 5.96. The van der Waals surface area contributed by atoms with Crippen molar-refractivity contribution in [2.45, 2.75) is 36.3 Å². The monoisotopic (exact) mass is 424 g/mol. The molecule has 5 rings (SSSR count). The minimum absolute atomic E-state index is 0.0988. The molecular weight excluding hydrogens is 399 g/mol. The van der Waals surface area contributed by atoms with E-state index in [0.717, 1.165) is 17.3 Å². The molecule has 1 aromatic rings. The van der Waals surface area contributed by atoms with Gasteiger partial charge in [0.1, 0.15) is 0 Å². The van der Waals surface area contributed by atoms with Gasteiger partial charge in [-0.05, 0) is 0 Å². The molecule has 0 radical (unpaired) electrons. The predicted octanol–water partition coefficient (Wildman–Crippen LogP) is 2.04. The van der Waals surface area contributed by atoms with Crippen LogP contribution in [0.3, 0.4) is 0 Å². The van der Waals surface area contributed by atoms with Gasteiger partial charge < -0.3 is 0 Å². The van der Waals surface area contributed by atoms with Crippen molar-refractivity contribution in [1.29, 1.82) is 0 Å². The van der Waals surface area contributed by atoms with Gasteiger partial charge in [-0.1, -0.05) is 0 Å². The molecule has 5 nitrogen and oxygen atoms in total. The van der Waals surface area contributed by atoms with Crippen molar-refractivity contribution in [3.8, 4) is 0 Å². The minimum atomic E-state index is -2.65. The van der Waals surface area contributed by atoms with Crippen molar-refractivity contribution in [3.63, 3.8) is 0 Å². The third-order valence-corrected chi connectivity index (χ3v) is 11.2. The molecule has 2 saturated carbocycles. The van der Waals surface area contributed by atoms with E-state index in [1.165, 1.54) is 0 Å². The Morgan fingerprint density at radius 1 is 1.12 bits per heavy atom. The summed E-state index contributed by atoms with van der Waals surface area (Å²) in [7, 11) is 0. The van der Waals surface area contributed by atoms with Gasteiger partial charge in [0.15, 0.2) is 0 Å². The quantitative estimate of drug-likeness (QED) is 0.538. The Morgan fingerprint density at radius 3 is 2.58 bits per heavy atom. The molecular formula is C20H24O5Se. The molecule has 0 amide bonds. The first kappa shape index (κ1) is 17.1. The third kappa shape index (κ3) is 2.32. The van der Waals surface area contributed by atoms with Crippen LogP contribution in [0.25, 0.3) is 0 Å². The molecule has 6 heteroatoms. The number of ether oxygens (including phenoxy) is 3. The number of cyclic esters (lactones) is 1. The summed E-state index contributed by atoms with van der Waals surface area (Å²) in [5.74, 6) is -0.0336.